The van der Waals surface area contributed by atoms with E-state index in [-0.39, 0.29) is 8.41 Å². The van der Waals surface area contributed by atoms with Crippen LogP contribution in [-0.4, -0.2) is 22.6 Å². The molecular weight excluding hydrogens is 170 g/mol. The molecule has 0 bridgehead atoms. The van der Waals surface area contributed by atoms with Crippen LogP contribution in [0.5, 0.6) is 11.5 Å². The Hall–Kier alpha value is -0.685. The van der Waals surface area contributed by atoms with Crippen LogP contribution in [0.15, 0.2) is 18.2 Å². The van der Waals surface area contributed by atoms with Crippen LogP contribution in [0.3, 0.4) is 0 Å². The van der Waals surface area contributed by atoms with Gasteiger partial charge >= 0.3 is 0 Å². The summed E-state index contributed by atoms with van der Waals surface area (Å²) in [7, 11) is 5.87. The van der Waals surface area contributed by atoms with Crippen LogP contribution in [0, 0.1) is 0 Å². The molecule has 0 saturated heterocycles. The van der Waals surface area contributed by atoms with Crippen LogP contribution in [0.4, 0.5) is 0 Å². The SMILES string of the molecule is COc1ccc(P)c(OC)c1.[B]. The average molecular weight is 181 g/mol. The summed E-state index contributed by atoms with van der Waals surface area (Å²) < 4.78 is 10.1. The maximum Gasteiger partial charge on any atom is 0.129 e. The highest BCUT2D eigenvalue weighted by Crippen LogP contribution is 2.18. The Balaban J connectivity index is 0.00000121. The van der Waals surface area contributed by atoms with Gasteiger partial charge in [-0.3, -0.25) is 0 Å². The summed E-state index contributed by atoms with van der Waals surface area (Å²) in [5, 5.41) is 1.04. The Morgan fingerprint density at radius 3 is 2.33 bits per heavy atom. The van der Waals surface area contributed by atoms with Gasteiger partial charge in [-0.05, 0) is 12.1 Å². The van der Waals surface area contributed by atoms with Gasteiger partial charge in [-0.1, -0.05) is 0 Å². The molecule has 1 aromatic rings. The lowest BCUT2D eigenvalue weighted by Gasteiger charge is -2.05. The van der Waals surface area contributed by atoms with E-state index in [1.807, 2.05) is 18.2 Å². The molecule has 1 unspecified atom stereocenters. The lowest BCUT2D eigenvalue weighted by Crippen LogP contribution is -1.98. The molecule has 0 amide bonds. The van der Waals surface area contributed by atoms with Crippen molar-refractivity contribution in [2.24, 2.45) is 0 Å². The smallest absolute Gasteiger partial charge is 0.129 e. The van der Waals surface area contributed by atoms with Gasteiger partial charge in [0.05, 0.1) is 14.2 Å². The van der Waals surface area contributed by atoms with Crippen molar-refractivity contribution in [2.75, 3.05) is 14.2 Å². The van der Waals surface area contributed by atoms with E-state index in [0.29, 0.717) is 0 Å². The average Bonchev–Trinajstić information content (AvgIpc) is 2.05. The van der Waals surface area contributed by atoms with Crippen molar-refractivity contribution < 1.29 is 9.47 Å². The van der Waals surface area contributed by atoms with Gasteiger partial charge in [-0.2, -0.15) is 0 Å². The standard InChI is InChI=1S/C8H11O2P.B/c1-9-6-3-4-8(11)7(5-6)10-2;/h3-5H,11H2,1-2H3;. The van der Waals surface area contributed by atoms with Gasteiger partial charge in [-0.15, -0.1) is 9.24 Å². The van der Waals surface area contributed by atoms with Crippen molar-refractivity contribution in [3.63, 3.8) is 0 Å². The third-order valence-electron chi connectivity index (χ3n) is 1.44. The van der Waals surface area contributed by atoms with Crippen molar-refractivity contribution in [1.29, 1.82) is 0 Å². The number of hydrogen-bond acceptors (Lipinski definition) is 2. The Labute approximate surface area is 77.0 Å². The normalized spacial score (nSPS) is 8.58. The minimum absolute atomic E-state index is 0. The molecule has 12 heavy (non-hydrogen) atoms. The first-order valence-electron chi connectivity index (χ1n) is 3.25. The predicted octanol–water partition coefficient (Wildman–Crippen LogP) is 0.823. The van der Waals surface area contributed by atoms with E-state index >= 15 is 0 Å². The van der Waals surface area contributed by atoms with Gasteiger partial charge in [0.1, 0.15) is 11.5 Å². The molecule has 0 aliphatic carbocycles. The van der Waals surface area contributed by atoms with Gasteiger partial charge in [-0.25, -0.2) is 0 Å². The number of benzene rings is 1. The van der Waals surface area contributed by atoms with Gasteiger partial charge in [0, 0.05) is 19.8 Å². The summed E-state index contributed by atoms with van der Waals surface area (Å²) in [6.07, 6.45) is 0. The second kappa shape index (κ2) is 5.05. The molecule has 0 spiro atoms. The molecule has 2 nitrogen and oxygen atoms in total. The highest BCUT2D eigenvalue weighted by molar-refractivity contribution is 7.27. The van der Waals surface area contributed by atoms with E-state index in [9.17, 15) is 0 Å². The van der Waals surface area contributed by atoms with Crippen LogP contribution in [0.25, 0.3) is 0 Å². The van der Waals surface area contributed by atoms with Gasteiger partial charge in [0.2, 0.25) is 0 Å². The minimum atomic E-state index is 0. The fraction of sp³-hybridized carbons (Fsp3) is 0.250. The fourth-order valence-corrected chi connectivity index (χ4v) is 1.12. The van der Waals surface area contributed by atoms with Crippen molar-refractivity contribution >= 4 is 23.0 Å². The highest BCUT2D eigenvalue weighted by Gasteiger charge is 1.98. The summed E-state index contributed by atoms with van der Waals surface area (Å²) in [6, 6.07) is 5.68. The first kappa shape index (κ1) is 11.3. The molecular formula is C8H11BO2P. The van der Waals surface area contributed by atoms with Crippen molar-refractivity contribution in [2.45, 2.75) is 0 Å². The van der Waals surface area contributed by atoms with Crippen LogP contribution in [0.1, 0.15) is 0 Å². The second-order valence-corrected chi connectivity index (χ2v) is 2.73. The lowest BCUT2D eigenvalue weighted by molar-refractivity contribution is 0.396. The lowest BCUT2D eigenvalue weighted by atomic mass is 10.3. The molecule has 0 aliphatic rings. The van der Waals surface area contributed by atoms with Crippen LogP contribution in [0.2, 0.25) is 0 Å². The predicted molar refractivity (Wildman–Crippen MR) is 54.6 cm³/mol. The molecule has 63 valence electrons. The molecule has 0 saturated carbocycles. The van der Waals surface area contributed by atoms with E-state index in [2.05, 4.69) is 9.24 Å². The Morgan fingerprint density at radius 2 is 1.83 bits per heavy atom. The van der Waals surface area contributed by atoms with Crippen molar-refractivity contribution in [1.82, 2.24) is 0 Å². The van der Waals surface area contributed by atoms with Gasteiger partial charge < -0.3 is 9.47 Å². The van der Waals surface area contributed by atoms with Crippen LogP contribution < -0.4 is 14.8 Å². The van der Waals surface area contributed by atoms with Gasteiger partial charge in [0.25, 0.3) is 0 Å². The summed E-state index contributed by atoms with van der Waals surface area (Å²) in [4.78, 5) is 0. The Morgan fingerprint density at radius 1 is 1.17 bits per heavy atom. The molecule has 0 aliphatic heterocycles. The molecule has 1 atom stereocenters. The third kappa shape index (κ3) is 2.42. The van der Waals surface area contributed by atoms with Crippen LogP contribution in [-0.2, 0) is 0 Å². The summed E-state index contributed by atoms with van der Waals surface area (Å²) >= 11 is 0. The molecule has 0 aromatic heterocycles. The summed E-state index contributed by atoms with van der Waals surface area (Å²) in [5.41, 5.74) is 0. The van der Waals surface area contributed by atoms with Crippen molar-refractivity contribution in [3.05, 3.63) is 18.2 Å². The highest BCUT2D eigenvalue weighted by atomic mass is 31.0. The molecule has 4 heteroatoms. The first-order valence-corrected chi connectivity index (χ1v) is 3.83. The minimum Gasteiger partial charge on any atom is -0.497 e. The maximum atomic E-state index is 5.09. The summed E-state index contributed by atoms with van der Waals surface area (Å²) in [5.74, 6) is 1.64. The number of rotatable bonds is 2. The van der Waals surface area contributed by atoms with E-state index in [1.54, 1.807) is 14.2 Å². The first-order chi connectivity index (χ1) is 5.27. The molecule has 0 heterocycles. The largest absolute Gasteiger partial charge is 0.497 e. The molecule has 1 rings (SSSR count). The van der Waals surface area contributed by atoms with Gasteiger partial charge in [0.15, 0.2) is 0 Å². The molecule has 1 aromatic carbocycles. The number of methoxy groups -OCH3 is 2. The zero-order valence-corrected chi connectivity index (χ0v) is 8.36. The third-order valence-corrected chi connectivity index (χ3v) is 1.92. The Kier molecular flexibility index (Phi) is 4.76. The fourth-order valence-electron chi connectivity index (χ4n) is 0.818. The molecule has 0 fully saturated rings. The van der Waals surface area contributed by atoms with Crippen molar-refractivity contribution in [3.8, 4) is 11.5 Å². The van der Waals surface area contributed by atoms with E-state index in [1.165, 1.54) is 0 Å². The van der Waals surface area contributed by atoms with E-state index < -0.39 is 0 Å². The Bertz CT molecular complexity index is 253. The molecule has 3 radical (unpaired) electrons. The monoisotopic (exact) mass is 181 g/mol. The second-order valence-electron chi connectivity index (χ2n) is 2.11. The summed E-state index contributed by atoms with van der Waals surface area (Å²) in [6.45, 7) is 0. The quantitative estimate of drug-likeness (QED) is 0.496. The van der Waals surface area contributed by atoms with E-state index in [4.69, 9.17) is 9.47 Å². The zero-order valence-electron chi connectivity index (χ0n) is 7.20. The van der Waals surface area contributed by atoms with Crippen LogP contribution >= 0.6 is 9.24 Å². The number of hydrogen-bond donors (Lipinski definition) is 0. The van der Waals surface area contributed by atoms with E-state index in [0.717, 1.165) is 16.8 Å². The number of ether oxygens (including phenoxy) is 2. The topological polar surface area (TPSA) is 18.5 Å². The maximum absolute atomic E-state index is 5.09. The molecule has 0 N–H and O–H groups in total. The zero-order chi connectivity index (χ0) is 8.27.